The molecule has 134 valence electrons. The smallest absolute Gasteiger partial charge is 0.456 e. The van der Waals surface area contributed by atoms with Crippen molar-refractivity contribution in [3.8, 4) is 11.5 Å². The van der Waals surface area contributed by atoms with E-state index in [1.807, 2.05) is 0 Å². The Morgan fingerprint density at radius 1 is 1.16 bits per heavy atom. The molecule has 0 aliphatic heterocycles. The van der Waals surface area contributed by atoms with Gasteiger partial charge in [-0.2, -0.15) is 13.2 Å². The van der Waals surface area contributed by atoms with Crippen molar-refractivity contribution in [2.24, 2.45) is 0 Å². The largest absolute Gasteiger partial charge is 0.501 e. The van der Waals surface area contributed by atoms with Crippen LogP contribution < -0.4 is 4.74 Å². The van der Waals surface area contributed by atoms with Gasteiger partial charge in [0.2, 0.25) is 0 Å². The Morgan fingerprint density at radius 3 is 2.32 bits per heavy atom. The van der Waals surface area contributed by atoms with E-state index in [1.54, 1.807) is 0 Å². The van der Waals surface area contributed by atoms with Crippen molar-refractivity contribution >= 4 is 43.7 Å². The highest BCUT2D eigenvalue weighted by atomic mass is 79.9. The Bertz CT molecular complexity index is 924. The van der Waals surface area contributed by atoms with Gasteiger partial charge in [0, 0.05) is 11.1 Å². The third-order valence-corrected chi connectivity index (χ3v) is 5.46. The summed E-state index contributed by atoms with van der Waals surface area (Å²) >= 11 is 8.49. The summed E-state index contributed by atoms with van der Waals surface area (Å²) in [4.78, 5) is 9.91. The van der Waals surface area contributed by atoms with Gasteiger partial charge in [0.1, 0.15) is 17.3 Å². The van der Waals surface area contributed by atoms with Gasteiger partial charge in [-0.15, -0.1) is 0 Å². The Morgan fingerprint density at radius 2 is 1.80 bits per heavy atom. The van der Waals surface area contributed by atoms with Gasteiger partial charge < -0.3 is 4.74 Å². The number of ether oxygens (including phenoxy) is 1. The number of benzene rings is 2. The number of alkyl halides is 3. The van der Waals surface area contributed by atoms with Crippen LogP contribution in [-0.2, 0) is 9.84 Å². The van der Waals surface area contributed by atoms with Crippen molar-refractivity contribution in [1.82, 2.24) is 0 Å². The van der Waals surface area contributed by atoms with E-state index in [4.69, 9.17) is 16.3 Å². The summed E-state index contributed by atoms with van der Waals surface area (Å²) in [7, 11) is -5.74. The molecule has 0 aliphatic rings. The monoisotopic (exact) mass is 460 g/mol. The van der Waals surface area contributed by atoms with Crippen LogP contribution in [0.5, 0.6) is 11.5 Å². The quantitative estimate of drug-likeness (QED) is 0.467. The van der Waals surface area contributed by atoms with Crippen LogP contribution in [0.25, 0.3) is 0 Å². The lowest BCUT2D eigenvalue weighted by Gasteiger charge is -2.14. The number of halogens is 6. The van der Waals surface area contributed by atoms with E-state index in [1.165, 1.54) is 6.07 Å². The van der Waals surface area contributed by atoms with E-state index in [0.29, 0.717) is 6.07 Å². The molecule has 11 heteroatoms. The van der Waals surface area contributed by atoms with Crippen LogP contribution in [0.3, 0.4) is 0 Å². The minimum atomic E-state index is -5.74. The normalized spacial score (nSPS) is 12.1. The zero-order valence-electron chi connectivity index (χ0n) is 11.8. The molecule has 0 amide bonds. The van der Waals surface area contributed by atoms with Gasteiger partial charge in [0.15, 0.2) is 6.29 Å². The van der Waals surface area contributed by atoms with E-state index in [2.05, 4.69) is 15.9 Å². The minimum absolute atomic E-state index is 0.00185. The predicted molar refractivity (Wildman–Crippen MR) is 84.3 cm³/mol. The second kappa shape index (κ2) is 6.93. The molecule has 0 aromatic heterocycles. The van der Waals surface area contributed by atoms with E-state index in [-0.39, 0.29) is 27.3 Å². The molecular formula is C14H6BrClF4O4S. The highest BCUT2D eigenvalue weighted by Crippen LogP contribution is 2.39. The van der Waals surface area contributed by atoms with Crippen molar-refractivity contribution < 1.29 is 35.5 Å². The molecule has 0 N–H and O–H groups in total. The van der Waals surface area contributed by atoms with Crippen LogP contribution >= 0.6 is 27.5 Å². The highest BCUT2D eigenvalue weighted by molar-refractivity contribution is 9.10. The average molecular weight is 462 g/mol. The van der Waals surface area contributed by atoms with Crippen molar-refractivity contribution in [3.05, 3.63) is 51.2 Å². The number of carbonyl (C=O) groups excluding carboxylic acids is 1. The van der Waals surface area contributed by atoms with Crippen molar-refractivity contribution in [3.63, 3.8) is 0 Å². The minimum Gasteiger partial charge on any atom is -0.456 e. The number of aldehydes is 1. The van der Waals surface area contributed by atoms with Gasteiger partial charge >= 0.3 is 5.51 Å². The summed E-state index contributed by atoms with van der Waals surface area (Å²) in [6, 6.07) is 4.64. The highest BCUT2D eigenvalue weighted by Gasteiger charge is 2.48. The molecule has 0 fully saturated rings. The fourth-order valence-corrected chi connectivity index (χ4v) is 3.62. The first-order valence-corrected chi connectivity index (χ1v) is 8.85. The maximum atomic E-state index is 13.3. The molecule has 4 nitrogen and oxygen atoms in total. The maximum Gasteiger partial charge on any atom is 0.501 e. The number of carbonyl (C=O) groups is 1. The molecule has 0 saturated heterocycles. The van der Waals surface area contributed by atoms with Gasteiger partial charge in [-0.05, 0) is 40.2 Å². The third kappa shape index (κ3) is 3.96. The van der Waals surface area contributed by atoms with Crippen LogP contribution in [0.4, 0.5) is 17.6 Å². The molecule has 2 rings (SSSR count). The molecule has 25 heavy (non-hydrogen) atoms. The maximum absolute atomic E-state index is 13.3. The third-order valence-electron chi connectivity index (χ3n) is 2.88. The number of sulfone groups is 1. The van der Waals surface area contributed by atoms with Gasteiger partial charge in [-0.25, -0.2) is 12.8 Å². The molecule has 0 spiro atoms. The molecule has 0 saturated carbocycles. The Labute approximate surface area is 152 Å². The van der Waals surface area contributed by atoms with Gasteiger partial charge in [-0.1, -0.05) is 11.6 Å². The van der Waals surface area contributed by atoms with E-state index in [9.17, 15) is 30.8 Å². The molecule has 0 radical (unpaired) electrons. The lowest BCUT2D eigenvalue weighted by molar-refractivity contribution is -0.0436. The fourth-order valence-electron chi connectivity index (χ4n) is 1.82. The van der Waals surface area contributed by atoms with Crippen LogP contribution in [0.2, 0.25) is 5.02 Å². The summed E-state index contributed by atoms with van der Waals surface area (Å²) in [5, 5.41) is -0.00185. The number of hydrogen-bond donors (Lipinski definition) is 0. The summed E-state index contributed by atoms with van der Waals surface area (Å²) in [5.41, 5.74) is -6.36. The first-order chi connectivity index (χ1) is 11.5. The van der Waals surface area contributed by atoms with Crippen molar-refractivity contribution in [2.45, 2.75) is 10.4 Å². The lowest BCUT2D eigenvalue weighted by atomic mass is 10.2. The second-order valence-electron chi connectivity index (χ2n) is 4.56. The Hall–Kier alpha value is -1.65. The Kier molecular flexibility index (Phi) is 5.45. The number of rotatable bonds is 4. The topological polar surface area (TPSA) is 60.4 Å². The van der Waals surface area contributed by atoms with Crippen LogP contribution in [-0.4, -0.2) is 20.2 Å². The van der Waals surface area contributed by atoms with E-state index in [0.717, 1.165) is 18.2 Å². The number of hydrogen-bond acceptors (Lipinski definition) is 4. The molecule has 0 aliphatic carbocycles. The molecule has 0 unspecified atom stereocenters. The Balaban J connectivity index is 2.56. The summed E-state index contributed by atoms with van der Waals surface area (Å²) in [6.07, 6.45) is -0.0614. The molecule has 0 bridgehead atoms. The molecule has 2 aromatic carbocycles. The van der Waals surface area contributed by atoms with Gasteiger partial charge in [0.25, 0.3) is 9.84 Å². The standard InChI is InChI=1S/C14H6BrClF4O4S/c15-13-10(6-21)12(25(22,23)14(18,19)20)2-1-11(13)24-9-4-7(16)3-8(17)5-9/h1-6H. The first-order valence-electron chi connectivity index (χ1n) is 6.20. The van der Waals surface area contributed by atoms with E-state index < -0.39 is 31.6 Å². The lowest BCUT2D eigenvalue weighted by Crippen LogP contribution is -2.24. The average Bonchev–Trinajstić information content (AvgIpc) is 2.46. The predicted octanol–water partition coefficient (Wildman–Crippen LogP) is 5.14. The zero-order chi connectivity index (χ0) is 19.0. The first kappa shape index (κ1) is 19.7. The van der Waals surface area contributed by atoms with Crippen LogP contribution in [0.15, 0.2) is 39.7 Å². The summed E-state index contributed by atoms with van der Waals surface area (Å²) in [6.45, 7) is 0. The van der Waals surface area contributed by atoms with E-state index >= 15 is 0 Å². The van der Waals surface area contributed by atoms with Crippen LogP contribution in [0, 0.1) is 5.82 Å². The molecule has 2 aromatic rings. The SMILES string of the molecule is O=Cc1c(S(=O)(=O)C(F)(F)F)ccc(Oc2cc(F)cc(Cl)c2)c1Br. The molecule has 0 heterocycles. The molecular weight excluding hydrogens is 456 g/mol. The van der Waals surface area contributed by atoms with Gasteiger partial charge in [0.05, 0.1) is 14.9 Å². The van der Waals surface area contributed by atoms with Crippen LogP contribution in [0.1, 0.15) is 10.4 Å². The zero-order valence-corrected chi connectivity index (χ0v) is 14.9. The summed E-state index contributed by atoms with van der Waals surface area (Å²) < 4.78 is 79.4. The van der Waals surface area contributed by atoms with Crippen molar-refractivity contribution in [2.75, 3.05) is 0 Å². The second-order valence-corrected chi connectivity index (χ2v) is 7.70. The van der Waals surface area contributed by atoms with Gasteiger partial charge in [-0.3, -0.25) is 4.79 Å². The fraction of sp³-hybridized carbons (Fsp3) is 0.0714. The summed E-state index contributed by atoms with van der Waals surface area (Å²) in [5.74, 6) is -1.04. The van der Waals surface area contributed by atoms with Crippen molar-refractivity contribution in [1.29, 1.82) is 0 Å². The molecule has 0 atom stereocenters.